The minimum absolute atomic E-state index is 0.191. The van der Waals surface area contributed by atoms with Gasteiger partial charge in [-0.15, -0.1) is 0 Å². The molecule has 1 aromatic heterocycles. The first-order valence-electron chi connectivity index (χ1n) is 9.28. The lowest BCUT2D eigenvalue weighted by Crippen LogP contribution is -2.40. The maximum absolute atomic E-state index is 13.5. The Balaban J connectivity index is 2.00. The Morgan fingerprint density at radius 3 is 2.36 bits per heavy atom. The molecule has 0 saturated carbocycles. The monoisotopic (exact) mass is 395 g/mol. The minimum atomic E-state index is -2.61. The largest absolute Gasteiger partial charge is 0.493 e. The molecule has 2 heterocycles. The van der Waals surface area contributed by atoms with Gasteiger partial charge in [-0.25, -0.2) is 13.8 Å². The summed E-state index contributed by atoms with van der Waals surface area (Å²) in [5.41, 5.74) is 0.673. The SMILES string of the molecule is COc1cc2nc(N3CCC(F)(F)CC3)nc(NCCN(C)C)c2cc1OC. The summed E-state index contributed by atoms with van der Waals surface area (Å²) in [7, 11) is 7.13. The zero-order valence-electron chi connectivity index (χ0n) is 16.8. The van der Waals surface area contributed by atoms with Gasteiger partial charge in [0.15, 0.2) is 11.5 Å². The van der Waals surface area contributed by atoms with Crippen molar-refractivity contribution in [3.8, 4) is 11.5 Å². The van der Waals surface area contributed by atoms with Crippen LogP contribution in [0.15, 0.2) is 12.1 Å². The maximum Gasteiger partial charge on any atom is 0.251 e. The molecule has 0 atom stereocenters. The zero-order valence-corrected chi connectivity index (χ0v) is 16.8. The predicted molar refractivity (Wildman–Crippen MR) is 106 cm³/mol. The molecule has 0 spiro atoms. The number of hydrogen-bond acceptors (Lipinski definition) is 7. The molecule has 0 unspecified atom stereocenters. The number of hydrogen-bond donors (Lipinski definition) is 1. The molecule has 1 fully saturated rings. The second-order valence-electron chi connectivity index (χ2n) is 7.17. The maximum atomic E-state index is 13.5. The molecule has 1 aliphatic rings. The number of ether oxygens (including phenoxy) is 2. The highest BCUT2D eigenvalue weighted by molar-refractivity contribution is 5.92. The fraction of sp³-hybridized carbons (Fsp3) is 0.579. The van der Waals surface area contributed by atoms with Crippen molar-refractivity contribution in [3.63, 3.8) is 0 Å². The Morgan fingerprint density at radius 2 is 1.75 bits per heavy atom. The summed E-state index contributed by atoms with van der Waals surface area (Å²) in [4.78, 5) is 13.1. The van der Waals surface area contributed by atoms with Crippen LogP contribution >= 0.6 is 0 Å². The van der Waals surface area contributed by atoms with Crippen LogP contribution < -0.4 is 19.7 Å². The third-order valence-electron chi connectivity index (χ3n) is 4.82. The van der Waals surface area contributed by atoms with Gasteiger partial charge in [-0.2, -0.15) is 4.98 Å². The highest BCUT2D eigenvalue weighted by Crippen LogP contribution is 2.36. The molecule has 0 aliphatic carbocycles. The standard InChI is InChI=1S/C19H27F2N5O2/c1-25(2)10-7-22-17-13-11-15(27-3)16(28-4)12-14(13)23-18(24-17)26-8-5-19(20,21)6-9-26/h11-12H,5-10H2,1-4H3,(H,22,23,24). The molecule has 7 nitrogen and oxygen atoms in total. The number of anilines is 2. The van der Waals surface area contributed by atoms with E-state index < -0.39 is 5.92 Å². The van der Waals surface area contributed by atoms with Gasteiger partial charge in [-0.1, -0.05) is 0 Å². The molecule has 28 heavy (non-hydrogen) atoms. The molecular formula is C19H27F2N5O2. The highest BCUT2D eigenvalue weighted by Gasteiger charge is 2.35. The summed E-state index contributed by atoms with van der Waals surface area (Å²) < 4.78 is 37.9. The van der Waals surface area contributed by atoms with E-state index in [0.29, 0.717) is 35.3 Å². The Hall–Kier alpha value is -2.42. The number of rotatable bonds is 7. The van der Waals surface area contributed by atoms with E-state index in [9.17, 15) is 8.78 Å². The number of benzene rings is 1. The highest BCUT2D eigenvalue weighted by atomic mass is 19.3. The van der Waals surface area contributed by atoms with Gasteiger partial charge in [0.1, 0.15) is 5.82 Å². The molecule has 1 saturated heterocycles. The second kappa shape index (κ2) is 8.30. The third-order valence-corrected chi connectivity index (χ3v) is 4.82. The van der Waals surface area contributed by atoms with E-state index in [2.05, 4.69) is 20.2 Å². The van der Waals surface area contributed by atoms with Crippen molar-refractivity contribution in [1.29, 1.82) is 0 Å². The normalized spacial score (nSPS) is 16.5. The Labute approximate surface area is 163 Å². The van der Waals surface area contributed by atoms with Crippen molar-refractivity contribution >= 4 is 22.7 Å². The van der Waals surface area contributed by atoms with Gasteiger partial charge in [0.05, 0.1) is 19.7 Å². The van der Waals surface area contributed by atoms with Crippen LogP contribution in [-0.2, 0) is 0 Å². The molecule has 1 N–H and O–H groups in total. The van der Waals surface area contributed by atoms with Gasteiger partial charge < -0.3 is 24.6 Å². The van der Waals surface area contributed by atoms with E-state index in [-0.39, 0.29) is 25.9 Å². The van der Waals surface area contributed by atoms with E-state index in [0.717, 1.165) is 11.9 Å². The average Bonchev–Trinajstić information content (AvgIpc) is 2.66. The van der Waals surface area contributed by atoms with Crippen molar-refractivity contribution < 1.29 is 18.3 Å². The molecule has 3 rings (SSSR count). The molecule has 0 bridgehead atoms. The third kappa shape index (κ3) is 4.52. The average molecular weight is 395 g/mol. The number of nitrogens with one attached hydrogen (secondary N) is 1. The summed E-state index contributed by atoms with van der Waals surface area (Å²) in [5.74, 6) is -0.372. The van der Waals surface area contributed by atoms with E-state index in [4.69, 9.17) is 9.47 Å². The lowest BCUT2D eigenvalue weighted by atomic mass is 10.1. The summed E-state index contributed by atoms with van der Waals surface area (Å²) in [6, 6.07) is 3.62. The van der Waals surface area contributed by atoms with Crippen LogP contribution in [0.25, 0.3) is 10.9 Å². The van der Waals surface area contributed by atoms with Crippen molar-refractivity contribution in [1.82, 2.24) is 14.9 Å². The van der Waals surface area contributed by atoms with Crippen LogP contribution in [0.3, 0.4) is 0 Å². The quantitative estimate of drug-likeness (QED) is 0.773. The molecule has 2 aromatic rings. The van der Waals surface area contributed by atoms with Gasteiger partial charge in [0, 0.05) is 50.5 Å². The van der Waals surface area contributed by atoms with E-state index in [1.54, 1.807) is 20.3 Å². The number of alkyl halides is 2. The lowest BCUT2D eigenvalue weighted by Gasteiger charge is -2.32. The van der Waals surface area contributed by atoms with Crippen molar-refractivity contribution in [2.24, 2.45) is 0 Å². The Kier molecular flexibility index (Phi) is 6.02. The summed E-state index contributed by atoms with van der Waals surface area (Å²) in [6.45, 7) is 1.96. The predicted octanol–water partition coefficient (Wildman–Crippen LogP) is 2.86. The molecule has 0 amide bonds. The number of fused-ring (bicyclic) bond motifs is 1. The first-order valence-corrected chi connectivity index (χ1v) is 9.28. The molecule has 0 radical (unpaired) electrons. The first kappa shape index (κ1) is 20.3. The van der Waals surface area contributed by atoms with Gasteiger partial charge in [-0.3, -0.25) is 0 Å². The van der Waals surface area contributed by atoms with Gasteiger partial charge in [0.25, 0.3) is 5.92 Å². The van der Waals surface area contributed by atoms with Crippen LogP contribution in [0.5, 0.6) is 11.5 Å². The second-order valence-corrected chi connectivity index (χ2v) is 7.17. The number of nitrogens with zero attached hydrogens (tertiary/aromatic N) is 4. The van der Waals surface area contributed by atoms with Crippen molar-refractivity contribution in [2.75, 3.05) is 64.7 Å². The topological polar surface area (TPSA) is 62.8 Å². The number of halogens is 2. The smallest absolute Gasteiger partial charge is 0.251 e. The zero-order chi connectivity index (χ0) is 20.3. The van der Waals surface area contributed by atoms with E-state index in [1.165, 1.54) is 0 Å². The van der Waals surface area contributed by atoms with Crippen molar-refractivity contribution in [3.05, 3.63) is 12.1 Å². The summed E-state index contributed by atoms with van der Waals surface area (Å²) >= 11 is 0. The number of aromatic nitrogens is 2. The first-order chi connectivity index (χ1) is 13.3. The summed E-state index contributed by atoms with van der Waals surface area (Å²) in [5, 5.41) is 4.13. The minimum Gasteiger partial charge on any atom is -0.493 e. The molecule has 9 heteroatoms. The van der Waals surface area contributed by atoms with E-state index >= 15 is 0 Å². The van der Waals surface area contributed by atoms with Crippen LogP contribution in [0.2, 0.25) is 0 Å². The fourth-order valence-electron chi connectivity index (χ4n) is 3.15. The van der Waals surface area contributed by atoms with Gasteiger partial charge in [0.2, 0.25) is 5.95 Å². The molecular weight excluding hydrogens is 368 g/mol. The molecule has 154 valence electrons. The number of piperidine rings is 1. The van der Waals surface area contributed by atoms with Crippen LogP contribution in [0.1, 0.15) is 12.8 Å². The van der Waals surface area contributed by atoms with E-state index in [1.807, 2.05) is 25.1 Å². The van der Waals surface area contributed by atoms with Gasteiger partial charge >= 0.3 is 0 Å². The molecule has 1 aliphatic heterocycles. The summed E-state index contributed by atoms with van der Waals surface area (Å²) in [6.07, 6.45) is -0.382. The van der Waals surface area contributed by atoms with Crippen LogP contribution in [0.4, 0.5) is 20.5 Å². The van der Waals surface area contributed by atoms with Crippen LogP contribution in [-0.4, -0.2) is 75.3 Å². The van der Waals surface area contributed by atoms with Crippen LogP contribution in [0, 0.1) is 0 Å². The number of likely N-dealkylation sites (N-methyl/N-ethyl adjacent to an activating group) is 1. The number of methoxy groups -OCH3 is 2. The lowest BCUT2D eigenvalue weighted by molar-refractivity contribution is -0.0222. The Morgan fingerprint density at radius 1 is 1.11 bits per heavy atom. The Bertz CT molecular complexity index is 822. The fourth-order valence-corrected chi connectivity index (χ4v) is 3.15. The molecule has 1 aromatic carbocycles. The van der Waals surface area contributed by atoms with Gasteiger partial charge in [-0.05, 0) is 20.2 Å². The van der Waals surface area contributed by atoms with Crippen molar-refractivity contribution in [2.45, 2.75) is 18.8 Å².